The molecule has 1 aromatic rings. The predicted molar refractivity (Wildman–Crippen MR) is 82.5 cm³/mol. The number of halogens is 2. The number of rotatable bonds is 2. The van der Waals surface area contributed by atoms with Crippen molar-refractivity contribution in [3.63, 3.8) is 0 Å². The number of aryl methyl sites for hydroxylation is 1. The summed E-state index contributed by atoms with van der Waals surface area (Å²) in [5.41, 5.74) is 0.919. The minimum atomic E-state index is -2.61. The Labute approximate surface area is 134 Å². The minimum absolute atomic E-state index is 0.0408. The van der Waals surface area contributed by atoms with Crippen LogP contribution in [0.25, 0.3) is 0 Å². The van der Waals surface area contributed by atoms with Crippen molar-refractivity contribution in [2.45, 2.75) is 38.5 Å². The average molecular weight is 324 g/mol. The number of likely N-dealkylation sites (tertiary alicyclic amines) is 1. The Morgan fingerprint density at radius 3 is 2.43 bits per heavy atom. The number of amides is 1. The van der Waals surface area contributed by atoms with Crippen LogP contribution in [0.2, 0.25) is 0 Å². The molecule has 1 amide bonds. The zero-order valence-electron chi connectivity index (χ0n) is 13.3. The van der Waals surface area contributed by atoms with E-state index in [4.69, 9.17) is 0 Å². The lowest BCUT2D eigenvalue weighted by molar-refractivity contribution is -0.142. The van der Waals surface area contributed by atoms with Crippen LogP contribution in [0.4, 0.5) is 14.6 Å². The van der Waals surface area contributed by atoms with Gasteiger partial charge in [0.05, 0.1) is 0 Å². The molecular formula is C16H22F2N4O. The number of hydrogen-bond donors (Lipinski definition) is 0. The van der Waals surface area contributed by atoms with Gasteiger partial charge >= 0.3 is 0 Å². The fourth-order valence-electron chi connectivity index (χ4n) is 3.28. The van der Waals surface area contributed by atoms with E-state index < -0.39 is 5.92 Å². The quantitative estimate of drug-likeness (QED) is 0.837. The topological polar surface area (TPSA) is 49.3 Å². The summed E-state index contributed by atoms with van der Waals surface area (Å²) < 4.78 is 26.4. The van der Waals surface area contributed by atoms with Gasteiger partial charge in [0.15, 0.2) is 0 Å². The molecule has 7 heteroatoms. The molecule has 0 aromatic carbocycles. The monoisotopic (exact) mass is 324 g/mol. The van der Waals surface area contributed by atoms with Gasteiger partial charge in [0.2, 0.25) is 5.91 Å². The molecule has 5 nitrogen and oxygen atoms in total. The maximum atomic E-state index is 13.2. The molecule has 0 N–H and O–H groups in total. The van der Waals surface area contributed by atoms with Gasteiger partial charge in [-0.15, -0.1) is 0 Å². The fraction of sp³-hybridized carbons (Fsp3) is 0.688. The van der Waals surface area contributed by atoms with E-state index in [1.165, 1.54) is 0 Å². The minimum Gasteiger partial charge on any atom is -0.356 e. The van der Waals surface area contributed by atoms with Crippen molar-refractivity contribution in [1.82, 2.24) is 14.9 Å². The highest BCUT2D eigenvalue weighted by Gasteiger charge is 2.37. The Hall–Kier alpha value is -1.79. The largest absolute Gasteiger partial charge is 0.356 e. The second kappa shape index (κ2) is 6.37. The molecule has 2 aliphatic rings. The Balaban J connectivity index is 1.54. The molecule has 23 heavy (non-hydrogen) atoms. The zero-order valence-corrected chi connectivity index (χ0v) is 13.3. The highest BCUT2D eigenvalue weighted by molar-refractivity contribution is 5.79. The second-order valence-corrected chi connectivity index (χ2v) is 6.46. The average Bonchev–Trinajstić information content (AvgIpc) is 2.54. The van der Waals surface area contributed by atoms with Gasteiger partial charge in [0.25, 0.3) is 5.92 Å². The number of aromatic nitrogens is 2. The zero-order chi connectivity index (χ0) is 16.4. The Morgan fingerprint density at radius 2 is 1.83 bits per heavy atom. The molecular weight excluding hydrogens is 302 g/mol. The molecule has 0 unspecified atom stereocenters. The Morgan fingerprint density at radius 1 is 1.17 bits per heavy atom. The van der Waals surface area contributed by atoms with Crippen LogP contribution >= 0.6 is 0 Å². The molecule has 1 aromatic heterocycles. The van der Waals surface area contributed by atoms with Gasteiger partial charge in [-0.3, -0.25) is 4.79 Å². The number of alkyl halides is 2. The molecule has 2 aliphatic heterocycles. The molecule has 2 saturated heterocycles. The van der Waals surface area contributed by atoms with Crippen LogP contribution in [0.3, 0.4) is 0 Å². The summed E-state index contributed by atoms with van der Waals surface area (Å²) in [7, 11) is 0. The molecule has 0 saturated carbocycles. The predicted octanol–water partition coefficient (Wildman–Crippen LogP) is 2.26. The van der Waals surface area contributed by atoms with E-state index in [0.717, 1.165) is 37.4 Å². The second-order valence-electron chi connectivity index (χ2n) is 6.46. The summed E-state index contributed by atoms with van der Waals surface area (Å²) in [4.78, 5) is 24.6. The van der Waals surface area contributed by atoms with Gasteiger partial charge in [0, 0.05) is 56.7 Å². The molecule has 2 fully saturated rings. The number of nitrogens with zero attached hydrogens (tertiary/aromatic N) is 4. The van der Waals surface area contributed by atoms with Crippen molar-refractivity contribution in [2.24, 2.45) is 5.92 Å². The lowest BCUT2D eigenvalue weighted by Crippen LogP contribution is -2.47. The molecule has 3 rings (SSSR count). The molecule has 0 atom stereocenters. The van der Waals surface area contributed by atoms with Crippen LogP contribution in [-0.2, 0) is 4.79 Å². The van der Waals surface area contributed by atoms with Crippen molar-refractivity contribution in [2.75, 3.05) is 31.1 Å². The van der Waals surface area contributed by atoms with Crippen LogP contribution in [0.15, 0.2) is 12.4 Å². The summed E-state index contributed by atoms with van der Waals surface area (Å²) in [5.74, 6) is -1.73. The van der Waals surface area contributed by atoms with Gasteiger partial charge in [-0.25, -0.2) is 18.7 Å². The SMILES string of the molecule is Cc1cc(N2CCC(C(=O)N3CCC(F)(F)CC3)CC2)ncn1. The van der Waals surface area contributed by atoms with Crippen LogP contribution in [0.5, 0.6) is 0 Å². The highest BCUT2D eigenvalue weighted by Crippen LogP contribution is 2.30. The van der Waals surface area contributed by atoms with E-state index in [1.54, 1.807) is 11.2 Å². The van der Waals surface area contributed by atoms with E-state index in [9.17, 15) is 13.6 Å². The van der Waals surface area contributed by atoms with Crippen LogP contribution < -0.4 is 4.90 Å². The summed E-state index contributed by atoms with van der Waals surface area (Å²) in [6.07, 6.45) is 2.62. The van der Waals surface area contributed by atoms with E-state index in [2.05, 4.69) is 14.9 Å². The van der Waals surface area contributed by atoms with E-state index in [0.29, 0.717) is 0 Å². The molecule has 126 valence electrons. The third-order valence-corrected chi connectivity index (χ3v) is 4.76. The number of anilines is 1. The summed E-state index contributed by atoms with van der Waals surface area (Å²) in [6, 6.07) is 1.94. The van der Waals surface area contributed by atoms with E-state index in [-0.39, 0.29) is 37.8 Å². The first-order valence-electron chi connectivity index (χ1n) is 8.15. The van der Waals surface area contributed by atoms with Crippen molar-refractivity contribution >= 4 is 11.7 Å². The van der Waals surface area contributed by atoms with E-state index in [1.807, 2.05) is 13.0 Å². The number of hydrogen-bond acceptors (Lipinski definition) is 4. The van der Waals surface area contributed by atoms with Gasteiger partial charge in [0.1, 0.15) is 12.1 Å². The van der Waals surface area contributed by atoms with Crippen LogP contribution in [0, 0.1) is 12.8 Å². The van der Waals surface area contributed by atoms with Gasteiger partial charge in [-0.2, -0.15) is 0 Å². The lowest BCUT2D eigenvalue weighted by atomic mass is 9.94. The van der Waals surface area contributed by atoms with Gasteiger partial charge in [-0.1, -0.05) is 0 Å². The van der Waals surface area contributed by atoms with Crippen molar-refractivity contribution in [1.29, 1.82) is 0 Å². The van der Waals surface area contributed by atoms with Crippen molar-refractivity contribution < 1.29 is 13.6 Å². The first kappa shape index (κ1) is 16.1. The van der Waals surface area contributed by atoms with Gasteiger partial charge in [-0.05, 0) is 19.8 Å². The molecule has 0 aliphatic carbocycles. The number of piperidine rings is 2. The molecule has 3 heterocycles. The number of carbonyl (C=O) groups is 1. The standard InChI is InChI=1S/C16H22F2N4O/c1-12-10-14(20-11-19-12)21-6-2-13(3-7-21)15(23)22-8-4-16(17,18)5-9-22/h10-11,13H,2-9H2,1H3. The Bertz CT molecular complexity index is 563. The first-order valence-corrected chi connectivity index (χ1v) is 8.15. The third-order valence-electron chi connectivity index (χ3n) is 4.76. The van der Waals surface area contributed by atoms with E-state index >= 15 is 0 Å². The Kier molecular flexibility index (Phi) is 4.46. The fourth-order valence-corrected chi connectivity index (χ4v) is 3.28. The first-order chi connectivity index (χ1) is 10.9. The molecule has 0 spiro atoms. The molecule has 0 bridgehead atoms. The van der Waals surface area contributed by atoms with Crippen molar-refractivity contribution in [3.05, 3.63) is 18.1 Å². The normalized spacial score (nSPS) is 22.2. The van der Waals surface area contributed by atoms with Crippen molar-refractivity contribution in [3.8, 4) is 0 Å². The third kappa shape index (κ3) is 3.76. The van der Waals surface area contributed by atoms with Crippen LogP contribution in [0.1, 0.15) is 31.4 Å². The van der Waals surface area contributed by atoms with Gasteiger partial charge < -0.3 is 9.80 Å². The lowest BCUT2D eigenvalue weighted by Gasteiger charge is -2.37. The summed E-state index contributed by atoms with van der Waals surface area (Å²) >= 11 is 0. The maximum Gasteiger partial charge on any atom is 0.251 e. The highest BCUT2D eigenvalue weighted by atomic mass is 19.3. The molecule has 0 radical (unpaired) electrons. The summed E-state index contributed by atoms with van der Waals surface area (Å²) in [6.45, 7) is 3.80. The number of carbonyl (C=O) groups excluding carboxylic acids is 1. The van der Waals surface area contributed by atoms with Crippen LogP contribution in [-0.4, -0.2) is 52.9 Å². The smallest absolute Gasteiger partial charge is 0.251 e. The summed E-state index contributed by atoms with van der Waals surface area (Å²) in [5, 5.41) is 0. The maximum absolute atomic E-state index is 13.2.